The quantitative estimate of drug-likeness (QED) is 0.711. The Hall–Kier alpha value is -0.610. The Morgan fingerprint density at radius 1 is 1.38 bits per heavy atom. The zero-order valence-corrected chi connectivity index (χ0v) is 10.1. The number of nitrogens with zero attached hydrogens (tertiary/aromatic N) is 1. The lowest BCUT2D eigenvalue weighted by molar-refractivity contribution is -0.149. The maximum Gasteiger partial charge on any atom is 0.325 e. The van der Waals surface area contributed by atoms with E-state index in [9.17, 15) is 4.79 Å². The lowest BCUT2D eigenvalue weighted by atomic mass is 9.79. The van der Waals surface area contributed by atoms with Gasteiger partial charge in [-0.3, -0.25) is 4.79 Å². The van der Waals surface area contributed by atoms with Crippen molar-refractivity contribution in [1.29, 1.82) is 0 Å². The lowest BCUT2D eigenvalue weighted by Crippen LogP contribution is -2.55. The number of likely N-dealkylation sites (tertiary alicyclic amines) is 1. The highest BCUT2D eigenvalue weighted by atomic mass is 16.5. The first-order valence-electron chi connectivity index (χ1n) is 6.27. The molecule has 1 aliphatic carbocycles. The number of ether oxygens (including phenoxy) is 1. The largest absolute Gasteiger partial charge is 0.468 e. The van der Waals surface area contributed by atoms with Crippen LogP contribution in [0.15, 0.2) is 0 Å². The molecule has 0 bridgehead atoms. The van der Waals surface area contributed by atoms with Gasteiger partial charge in [-0.25, -0.2) is 0 Å². The minimum atomic E-state index is -0.736. The second-order valence-corrected chi connectivity index (χ2v) is 5.14. The fraction of sp³-hybridized carbons (Fsp3) is 0.917. The van der Waals surface area contributed by atoms with Crippen molar-refractivity contribution < 1.29 is 9.53 Å². The predicted molar refractivity (Wildman–Crippen MR) is 62.0 cm³/mol. The third kappa shape index (κ3) is 2.23. The highest BCUT2D eigenvalue weighted by molar-refractivity contribution is 5.80. The summed E-state index contributed by atoms with van der Waals surface area (Å²) >= 11 is 0. The molecule has 0 amide bonds. The van der Waals surface area contributed by atoms with E-state index in [0.29, 0.717) is 6.04 Å². The van der Waals surface area contributed by atoms with Gasteiger partial charge in [-0.15, -0.1) is 0 Å². The van der Waals surface area contributed by atoms with Crippen LogP contribution in [-0.4, -0.2) is 42.6 Å². The first-order valence-corrected chi connectivity index (χ1v) is 6.27. The van der Waals surface area contributed by atoms with Gasteiger partial charge in [0.15, 0.2) is 0 Å². The molecule has 0 aromatic rings. The molecule has 1 aliphatic heterocycles. The van der Waals surface area contributed by atoms with E-state index in [1.54, 1.807) is 0 Å². The summed E-state index contributed by atoms with van der Waals surface area (Å²) in [4.78, 5) is 14.2. The minimum absolute atomic E-state index is 0.239. The molecule has 92 valence electrons. The highest BCUT2D eigenvalue weighted by Crippen LogP contribution is 2.31. The van der Waals surface area contributed by atoms with Gasteiger partial charge in [0.1, 0.15) is 5.54 Å². The van der Waals surface area contributed by atoms with Crippen molar-refractivity contribution in [2.75, 3.05) is 20.2 Å². The van der Waals surface area contributed by atoms with Gasteiger partial charge in [-0.1, -0.05) is 0 Å². The summed E-state index contributed by atoms with van der Waals surface area (Å²) in [6.45, 7) is 2.34. The number of carbonyl (C=O) groups is 1. The van der Waals surface area contributed by atoms with E-state index >= 15 is 0 Å². The van der Waals surface area contributed by atoms with Crippen LogP contribution in [0.25, 0.3) is 0 Å². The Morgan fingerprint density at radius 3 is 2.69 bits per heavy atom. The first kappa shape index (κ1) is 11.9. The highest BCUT2D eigenvalue weighted by Gasteiger charge is 2.42. The number of hydrogen-bond donors (Lipinski definition) is 1. The number of rotatable bonds is 2. The van der Waals surface area contributed by atoms with Gasteiger partial charge in [0.25, 0.3) is 0 Å². The molecule has 0 spiro atoms. The molecule has 0 radical (unpaired) electrons. The molecule has 2 fully saturated rings. The Bertz CT molecular complexity index is 264. The normalized spacial score (nSPS) is 36.2. The fourth-order valence-corrected chi connectivity index (χ4v) is 3.08. The summed E-state index contributed by atoms with van der Waals surface area (Å²) in [5, 5.41) is 0. The van der Waals surface area contributed by atoms with Crippen LogP contribution in [-0.2, 0) is 9.53 Å². The molecule has 16 heavy (non-hydrogen) atoms. The van der Waals surface area contributed by atoms with E-state index in [-0.39, 0.29) is 5.97 Å². The molecule has 0 aromatic carbocycles. The Labute approximate surface area is 97.1 Å². The lowest BCUT2D eigenvalue weighted by Gasteiger charge is -2.39. The second-order valence-electron chi connectivity index (χ2n) is 5.14. The second kappa shape index (κ2) is 4.72. The summed E-state index contributed by atoms with van der Waals surface area (Å²) < 4.78 is 4.82. The summed E-state index contributed by atoms with van der Waals surface area (Å²) in [7, 11) is 1.43. The number of esters is 1. The third-order valence-corrected chi connectivity index (χ3v) is 4.01. The van der Waals surface area contributed by atoms with Crippen LogP contribution in [0.2, 0.25) is 0 Å². The molecule has 4 heteroatoms. The number of hydrogen-bond acceptors (Lipinski definition) is 4. The minimum Gasteiger partial charge on any atom is -0.468 e. The maximum atomic E-state index is 11.7. The molecule has 0 aromatic heterocycles. The summed E-state index contributed by atoms with van der Waals surface area (Å²) in [6.07, 6.45) is 6.31. The Morgan fingerprint density at radius 2 is 2.06 bits per heavy atom. The van der Waals surface area contributed by atoms with Crippen LogP contribution >= 0.6 is 0 Å². The van der Waals surface area contributed by atoms with Crippen LogP contribution in [0.1, 0.15) is 38.5 Å². The molecule has 1 saturated heterocycles. The summed E-state index contributed by atoms with van der Waals surface area (Å²) in [5.74, 6) is -0.239. The van der Waals surface area contributed by atoms with E-state index < -0.39 is 5.54 Å². The molecular weight excluding hydrogens is 204 g/mol. The van der Waals surface area contributed by atoms with Gasteiger partial charge in [-0.2, -0.15) is 0 Å². The molecule has 1 heterocycles. The molecular formula is C12H22N2O2. The van der Waals surface area contributed by atoms with Gasteiger partial charge in [-0.05, 0) is 51.6 Å². The molecule has 2 N–H and O–H groups in total. The van der Waals surface area contributed by atoms with Crippen LogP contribution in [0.3, 0.4) is 0 Å². The van der Waals surface area contributed by atoms with Crippen LogP contribution in [0, 0.1) is 0 Å². The van der Waals surface area contributed by atoms with Crippen molar-refractivity contribution in [2.45, 2.75) is 50.1 Å². The van der Waals surface area contributed by atoms with E-state index in [0.717, 1.165) is 19.3 Å². The fourth-order valence-electron chi connectivity index (χ4n) is 3.08. The van der Waals surface area contributed by atoms with Crippen molar-refractivity contribution >= 4 is 5.97 Å². The van der Waals surface area contributed by atoms with E-state index in [1.165, 1.54) is 39.5 Å². The van der Waals surface area contributed by atoms with Crippen LogP contribution < -0.4 is 5.73 Å². The summed E-state index contributed by atoms with van der Waals surface area (Å²) in [6, 6.07) is 0.486. The number of methoxy groups -OCH3 is 1. The van der Waals surface area contributed by atoms with Crippen molar-refractivity contribution in [3.05, 3.63) is 0 Å². The average molecular weight is 226 g/mol. The monoisotopic (exact) mass is 226 g/mol. The smallest absolute Gasteiger partial charge is 0.325 e. The molecule has 4 nitrogen and oxygen atoms in total. The zero-order valence-electron chi connectivity index (χ0n) is 10.1. The van der Waals surface area contributed by atoms with Gasteiger partial charge < -0.3 is 15.4 Å². The standard InChI is InChI=1S/C12H22N2O2/c1-16-11(15)12(13)6-4-5-10(9-12)14-7-2-3-8-14/h10H,2-9,13H2,1H3. The van der Waals surface area contributed by atoms with Crippen LogP contribution in [0.5, 0.6) is 0 Å². The SMILES string of the molecule is COC(=O)C1(N)CCCC(N2CCCC2)C1. The molecule has 2 aliphatic rings. The first-order chi connectivity index (χ1) is 7.65. The molecule has 1 saturated carbocycles. The summed E-state index contributed by atoms with van der Waals surface area (Å²) in [5.41, 5.74) is 5.43. The van der Waals surface area contributed by atoms with E-state index in [4.69, 9.17) is 10.5 Å². The number of nitrogens with two attached hydrogens (primary N) is 1. The van der Waals surface area contributed by atoms with Gasteiger partial charge in [0, 0.05) is 6.04 Å². The number of carbonyl (C=O) groups excluding carboxylic acids is 1. The van der Waals surface area contributed by atoms with Crippen LogP contribution in [0.4, 0.5) is 0 Å². The van der Waals surface area contributed by atoms with E-state index in [2.05, 4.69) is 4.90 Å². The zero-order chi connectivity index (χ0) is 11.6. The topological polar surface area (TPSA) is 55.6 Å². The van der Waals surface area contributed by atoms with Crippen molar-refractivity contribution in [3.63, 3.8) is 0 Å². The van der Waals surface area contributed by atoms with Crippen molar-refractivity contribution in [2.24, 2.45) is 5.73 Å². The molecule has 2 rings (SSSR count). The predicted octanol–water partition coefficient (Wildman–Crippen LogP) is 0.895. The van der Waals surface area contributed by atoms with Crippen molar-refractivity contribution in [1.82, 2.24) is 4.90 Å². The Balaban J connectivity index is 2.00. The van der Waals surface area contributed by atoms with Gasteiger partial charge in [0.2, 0.25) is 0 Å². The van der Waals surface area contributed by atoms with Gasteiger partial charge in [0.05, 0.1) is 7.11 Å². The van der Waals surface area contributed by atoms with E-state index in [1.807, 2.05) is 0 Å². The molecule has 2 atom stereocenters. The maximum absolute atomic E-state index is 11.7. The van der Waals surface area contributed by atoms with Gasteiger partial charge >= 0.3 is 5.97 Å². The Kier molecular flexibility index (Phi) is 3.50. The molecule has 2 unspecified atom stereocenters. The van der Waals surface area contributed by atoms with Crippen molar-refractivity contribution in [3.8, 4) is 0 Å². The average Bonchev–Trinajstić information content (AvgIpc) is 2.81. The third-order valence-electron chi connectivity index (χ3n) is 4.01.